The fraction of sp³-hybridized carbons (Fsp3) is 0.464. The first-order chi connectivity index (χ1) is 34.6. The Balaban J connectivity index is 0.000000491. The van der Waals surface area contributed by atoms with Crippen molar-refractivity contribution in [2.24, 2.45) is 0 Å². The normalized spacial score (nSPS) is 10.5. The van der Waals surface area contributed by atoms with Crippen LogP contribution in [-0.4, -0.2) is 62.7 Å². The largest absolute Gasteiger partial charge is 0.483 e. The zero-order valence-corrected chi connectivity index (χ0v) is 43.0. The fourth-order valence-electron chi connectivity index (χ4n) is 7.41. The number of nitrogens with two attached hydrogens (primary N) is 1. The number of rotatable bonds is 27. The number of benzene rings is 4. The van der Waals surface area contributed by atoms with Crippen molar-refractivity contribution in [3.8, 4) is 5.75 Å². The molecular weight excluding hydrogens is 948 g/mol. The number of carbonyl (C=O) groups is 6. The molecule has 4 aromatic carbocycles. The van der Waals surface area contributed by atoms with Gasteiger partial charge in [-0.05, 0) is 93.6 Å². The molecule has 0 saturated heterocycles. The van der Waals surface area contributed by atoms with Gasteiger partial charge in [0.15, 0.2) is 6.61 Å². The number of hydrogen-bond donors (Lipinski definition) is 7. The van der Waals surface area contributed by atoms with Crippen LogP contribution in [0.1, 0.15) is 177 Å². The number of anilines is 3. The predicted octanol–water partition coefficient (Wildman–Crippen LogP) is 13.8. The van der Waals surface area contributed by atoms with Crippen LogP contribution in [0.4, 0.5) is 30.2 Å². The number of aryl methyl sites for hydroxylation is 4. The van der Waals surface area contributed by atoms with Crippen LogP contribution < -0.4 is 21.1 Å². The summed E-state index contributed by atoms with van der Waals surface area (Å²) in [5.41, 5.74) is 8.18. The molecule has 0 aliphatic heterocycles. The van der Waals surface area contributed by atoms with Gasteiger partial charge in [0.05, 0.1) is 22.4 Å². The van der Waals surface area contributed by atoms with Crippen LogP contribution in [0.5, 0.6) is 5.75 Å². The highest BCUT2D eigenvalue weighted by molar-refractivity contribution is 5.95. The molecule has 0 spiro atoms. The lowest BCUT2D eigenvalue weighted by Gasteiger charge is -2.12. The van der Waals surface area contributed by atoms with E-state index in [1.165, 1.54) is 95.6 Å². The van der Waals surface area contributed by atoms with E-state index in [0.29, 0.717) is 24.3 Å². The van der Waals surface area contributed by atoms with Gasteiger partial charge in [0.25, 0.3) is 5.91 Å². The van der Waals surface area contributed by atoms with Crippen molar-refractivity contribution in [2.75, 3.05) is 23.0 Å². The van der Waals surface area contributed by atoms with Crippen molar-refractivity contribution in [3.05, 3.63) is 118 Å². The zero-order chi connectivity index (χ0) is 54.8. The molecule has 0 saturated carbocycles. The third-order valence-electron chi connectivity index (χ3n) is 11.2. The van der Waals surface area contributed by atoms with Crippen LogP contribution in [0, 0.1) is 27.7 Å². The molecule has 0 fully saturated rings. The van der Waals surface area contributed by atoms with Crippen LogP contribution in [0.25, 0.3) is 0 Å². The second kappa shape index (κ2) is 36.1. The molecule has 73 heavy (non-hydrogen) atoms. The van der Waals surface area contributed by atoms with Gasteiger partial charge in [-0.15, -0.1) is 0 Å². The van der Waals surface area contributed by atoms with Crippen LogP contribution >= 0.6 is 0 Å². The van der Waals surface area contributed by atoms with E-state index in [2.05, 4.69) is 17.6 Å². The minimum absolute atomic E-state index is 0.0271. The second-order valence-electron chi connectivity index (χ2n) is 17.7. The number of nitrogen functional groups attached to an aromatic ring is 1. The molecule has 0 heterocycles. The Labute approximate surface area is 427 Å². The lowest BCUT2D eigenvalue weighted by atomic mass is 10.0. The highest BCUT2D eigenvalue weighted by Gasteiger charge is 2.34. The van der Waals surface area contributed by atoms with E-state index in [9.17, 15) is 41.9 Å². The Hall–Kier alpha value is -6.91. The predicted molar refractivity (Wildman–Crippen MR) is 279 cm³/mol. The van der Waals surface area contributed by atoms with E-state index in [4.69, 9.17) is 30.9 Å². The van der Waals surface area contributed by atoms with Gasteiger partial charge in [-0.3, -0.25) is 19.2 Å². The van der Waals surface area contributed by atoms with E-state index >= 15 is 0 Å². The maximum Gasteiger partial charge on any atom is 0.418 e. The van der Waals surface area contributed by atoms with E-state index < -0.39 is 46.9 Å². The smallest absolute Gasteiger partial charge is 0.418 e. The third kappa shape index (κ3) is 29.3. The van der Waals surface area contributed by atoms with E-state index in [1.807, 2.05) is 58.0 Å². The van der Waals surface area contributed by atoms with Crippen LogP contribution in [0.15, 0.2) is 78.9 Å². The first-order valence-electron chi connectivity index (χ1n) is 24.9. The van der Waals surface area contributed by atoms with Gasteiger partial charge in [-0.25, -0.2) is 9.59 Å². The van der Waals surface area contributed by atoms with Gasteiger partial charge < -0.3 is 41.5 Å². The van der Waals surface area contributed by atoms with Gasteiger partial charge in [-0.1, -0.05) is 145 Å². The summed E-state index contributed by atoms with van der Waals surface area (Å²) in [6, 6.07) is 20.2. The number of alkyl halides is 3. The van der Waals surface area contributed by atoms with Crippen molar-refractivity contribution >= 4 is 52.8 Å². The summed E-state index contributed by atoms with van der Waals surface area (Å²) < 4.78 is 42.1. The van der Waals surface area contributed by atoms with Gasteiger partial charge in [0.1, 0.15) is 5.75 Å². The first kappa shape index (κ1) is 64.1. The summed E-state index contributed by atoms with van der Waals surface area (Å²) in [7, 11) is 0. The van der Waals surface area contributed by atoms with Gasteiger partial charge in [0.2, 0.25) is 5.91 Å². The molecule has 0 aliphatic carbocycles. The fourth-order valence-corrected chi connectivity index (χ4v) is 7.41. The zero-order valence-electron chi connectivity index (χ0n) is 43.0. The number of para-hydroxylation sites is 2. The average Bonchev–Trinajstić information content (AvgIpc) is 3.31. The van der Waals surface area contributed by atoms with E-state index in [0.717, 1.165) is 59.0 Å². The Morgan fingerprint density at radius 3 is 1.55 bits per heavy atom. The first-order valence-corrected chi connectivity index (χ1v) is 24.9. The molecule has 0 unspecified atom stereocenters. The molecule has 0 aromatic heterocycles. The number of carbonyl (C=O) groups excluding carboxylic acids is 2. The molecule has 4 aromatic rings. The van der Waals surface area contributed by atoms with Crippen LogP contribution in [0.2, 0.25) is 0 Å². The molecule has 0 bridgehead atoms. The summed E-state index contributed by atoms with van der Waals surface area (Å²) in [4.78, 5) is 65.5. The summed E-state index contributed by atoms with van der Waals surface area (Å²) in [6.45, 7) is 9.94. The minimum Gasteiger partial charge on any atom is -0.483 e. The Kier molecular flexibility index (Phi) is 31.7. The standard InChI is InChI=1S/C18H36O2.C16H15NO4.C14H19NO3.C8H6F3NO2/c1-2-3-4-5-6-7-8-9-10-11-12-13-14-15-16-17-18(19)20;1-11-5-2-3-8-14(11)21-10-15(18)17-13-7-4-6-12(9-13)16(19)20;1-9-7-10(2)14(11(3)8-9)15-12(16)5-4-6-13(17)18;9-8(10,11)5-3-1-2-4(6(5)12)7(13)14/h2-17H2,1H3,(H,19,20);2-9H,10H2,1H3,(H,17,18)(H,19,20);7-8H,4-6H2,1-3H3,(H,15,16)(H,17,18);1-3H,12H2,(H,13,14). The molecular formula is C56H76F3N3O11. The minimum atomic E-state index is -4.63. The number of ether oxygens (including phenoxy) is 1. The summed E-state index contributed by atoms with van der Waals surface area (Å²) in [5, 5.41) is 39.9. The number of carboxylic acids is 4. The Bertz CT molecular complexity index is 2310. The Morgan fingerprint density at radius 1 is 0.548 bits per heavy atom. The van der Waals surface area contributed by atoms with Crippen LogP contribution in [0.3, 0.4) is 0 Å². The third-order valence-corrected chi connectivity index (χ3v) is 11.2. The topological polar surface area (TPSA) is 243 Å². The summed E-state index contributed by atoms with van der Waals surface area (Å²) in [5.74, 6) is -3.87. The molecule has 0 aliphatic rings. The van der Waals surface area contributed by atoms with E-state index in [1.54, 1.807) is 18.2 Å². The van der Waals surface area contributed by atoms with Gasteiger partial charge in [-0.2, -0.15) is 13.2 Å². The van der Waals surface area contributed by atoms with Crippen molar-refractivity contribution in [1.29, 1.82) is 0 Å². The second-order valence-corrected chi connectivity index (χ2v) is 17.7. The molecule has 402 valence electrons. The molecule has 0 atom stereocenters. The number of hydrogen-bond acceptors (Lipinski definition) is 8. The lowest BCUT2D eigenvalue weighted by molar-refractivity contribution is -0.138. The van der Waals surface area contributed by atoms with E-state index in [-0.39, 0.29) is 36.8 Å². The number of aliphatic carboxylic acids is 2. The molecule has 4 rings (SSSR count). The van der Waals surface area contributed by atoms with Gasteiger partial charge >= 0.3 is 30.1 Å². The number of amides is 2. The SMILES string of the molecule is CCCCCCCCCCCCCCCCCC(=O)O.Cc1cc(C)c(NC(=O)CCCC(=O)O)c(C)c1.Cc1ccccc1OCC(=O)Nc1cccc(C(=O)O)c1.Nc1c(C(=O)O)cccc1C(F)(F)F. The molecule has 8 N–H and O–H groups in total. The molecule has 14 nitrogen and oxygen atoms in total. The molecule has 0 radical (unpaired) electrons. The summed E-state index contributed by atoms with van der Waals surface area (Å²) >= 11 is 0. The van der Waals surface area contributed by atoms with Crippen molar-refractivity contribution in [2.45, 2.75) is 163 Å². The summed E-state index contributed by atoms with van der Waals surface area (Å²) in [6.07, 6.45) is 16.2. The Morgan fingerprint density at radius 2 is 1.05 bits per heavy atom. The van der Waals surface area contributed by atoms with Crippen molar-refractivity contribution in [1.82, 2.24) is 0 Å². The monoisotopic (exact) mass is 1020 g/mol. The maximum atomic E-state index is 12.2. The highest BCUT2D eigenvalue weighted by atomic mass is 19.4. The number of halogens is 3. The highest BCUT2D eigenvalue weighted by Crippen LogP contribution is 2.35. The molecule has 2 amide bonds. The quantitative estimate of drug-likeness (QED) is 0.0218. The van der Waals surface area contributed by atoms with Crippen molar-refractivity contribution in [3.63, 3.8) is 0 Å². The van der Waals surface area contributed by atoms with Gasteiger partial charge in [0, 0.05) is 30.6 Å². The van der Waals surface area contributed by atoms with Crippen molar-refractivity contribution < 1.29 is 67.1 Å². The average molecular weight is 1020 g/mol. The number of carboxylic acid groups (broad SMARTS) is 4. The number of aromatic carboxylic acids is 2. The number of unbranched alkanes of at least 4 members (excludes halogenated alkanes) is 14. The molecule has 17 heteroatoms. The van der Waals surface area contributed by atoms with Crippen LogP contribution in [-0.2, 0) is 25.4 Å². The number of nitrogens with one attached hydrogen (secondary N) is 2. The maximum absolute atomic E-state index is 12.2. The lowest BCUT2D eigenvalue weighted by Crippen LogP contribution is -2.20.